The van der Waals surface area contributed by atoms with Gasteiger partial charge in [-0.1, -0.05) is 12.2 Å². The van der Waals surface area contributed by atoms with Gasteiger partial charge in [-0.15, -0.1) is 0 Å². The fraction of sp³-hybridized carbons (Fsp3) is 0.444. The molecule has 3 heteroatoms. The first kappa shape index (κ1) is 8.84. The van der Waals surface area contributed by atoms with Crippen LogP contribution in [0.3, 0.4) is 0 Å². The number of rotatable bonds is 3. The number of hydrogen-bond acceptors (Lipinski definition) is 3. The van der Waals surface area contributed by atoms with E-state index < -0.39 is 0 Å². The number of carbonyl (C=O) groups is 1. The van der Waals surface area contributed by atoms with Crippen LogP contribution >= 0.6 is 0 Å². The van der Waals surface area contributed by atoms with Crippen LogP contribution in [0.2, 0.25) is 0 Å². The molecule has 1 aliphatic rings. The molecular formula is C9H13NO2. The Balaban J connectivity index is 2.27. The van der Waals surface area contributed by atoms with E-state index in [-0.39, 0.29) is 5.97 Å². The van der Waals surface area contributed by atoms with Crippen molar-refractivity contribution in [2.24, 2.45) is 0 Å². The summed E-state index contributed by atoms with van der Waals surface area (Å²) >= 11 is 0. The molecular weight excluding hydrogens is 154 g/mol. The highest BCUT2D eigenvalue weighted by atomic mass is 16.5. The molecule has 1 aliphatic heterocycles. The Hall–Kier alpha value is -1.25. The minimum absolute atomic E-state index is 0.169. The van der Waals surface area contributed by atoms with Crippen molar-refractivity contribution in [2.45, 2.75) is 6.92 Å². The lowest BCUT2D eigenvalue weighted by Crippen LogP contribution is -2.27. The zero-order valence-corrected chi connectivity index (χ0v) is 7.19. The average Bonchev–Trinajstić information content (AvgIpc) is 2.06. The topological polar surface area (TPSA) is 29.5 Å². The monoisotopic (exact) mass is 167 g/mol. The molecule has 0 saturated carbocycles. The Morgan fingerprint density at radius 1 is 1.58 bits per heavy atom. The minimum atomic E-state index is -0.169. The van der Waals surface area contributed by atoms with Gasteiger partial charge in [-0.2, -0.15) is 0 Å². The number of esters is 1. The summed E-state index contributed by atoms with van der Waals surface area (Å²) in [7, 11) is 0. The van der Waals surface area contributed by atoms with E-state index in [0.717, 1.165) is 6.54 Å². The number of ether oxygens (including phenoxy) is 1. The second kappa shape index (κ2) is 4.59. The minimum Gasteiger partial charge on any atom is -0.465 e. The van der Waals surface area contributed by atoms with E-state index in [0.29, 0.717) is 13.2 Å². The lowest BCUT2D eigenvalue weighted by atomic mass is 10.3. The molecule has 0 saturated heterocycles. The smallest absolute Gasteiger partial charge is 0.325 e. The van der Waals surface area contributed by atoms with Gasteiger partial charge in [-0.3, -0.25) is 4.79 Å². The van der Waals surface area contributed by atoms with Crippen LogP contribution in [0.4, 0.5) is 0 Å². The normalized spacial score (nSPS) is 14.9. The van der Waals surface area contributed by atoms with Crippen molar-refractivity contribution in [3.8, 4) is 0 Å². The summed E-state index contributed by atoms with van der Waals surface area (Å²) in [4.78, 5) is 12.9. The second-order valence-electron chi connectivity index (χ2n) is 2.50. The molecule has 12 heavy (non-hydrogen) atoms. The highest BCUT2D eigenvalue weighted by Crippen LogP contribution is 1.97. The molecule has 0 unspecified atom stereocenters. The van der Waals surface area contributed by atoms with Gasteiger partial charge in [0.15, 0.2) is 0 Å². The van der Waals surface area contributed by atoms with Crippen molar-refractivity contribution in [1.82, 2.24) is 4.90 Å². The maximum atomic E-state index is 11.0. The van der Waals surface area contributed by atoms with Crippen molar-refractivity contribution < 1.29 is 9.53 Å². The molecule has 0 aromatic rings. The molecule has 0 aromatic carbocycles. The van der Waals surface area contributed by atoms with Crippen molar-refractivity contribution >= 4 is 5.97 Å². The molecule has 1 rings (SSSR count). The van der Waals surface area contributed by atoms with Crippen LogP contribution in [0.25, 0.3) is 0 Å². The van der Waals surface area contributed by atoms with Crippen LogP contribution in [0.15, 0.2) is 24.4 Å². The van der Waals surface area contributed by atoms with E-state index in [4.69, 9.17) is 4.74 Å². The quantitative estimate of drug-likeness (QED) is 0.586. The van der Waals surface area contributed by atoms with E-state index >= 15 is 0 Å². The Morgan fingerprint density at radius 3 is 3.00 bits per heavy atom. The Morgan fingerprint density at radius 2 is 2.42 bits per heavy atom. The number of carbonyl (C=O) groups excluding carboxylic acids is 1. The fourth-order valence-corrected chi connectivity index (χ4v) is 0.997. The van der Waals surface area contributed by atoms with E-state index in [1.165, 1.54) is 0 Å². The first-order chi connectivity index (χ1) is 5.83. The maximum absolute atomic E-state index is 11.0. The molecule has 0 radical (unpaired) electrons. The Labute approximate surface area is 72.3 Å². The number of hydrogen-bond donors (Lipinski definition) is 0. The van der Waals surface area contributed by atoms with Gasteiger partial charge in [0.05, 0.1) is 6.61 Å². The molecule has 0 bridgehead atoms. The van der Waals surface area contributed by atoms with Crippen LogP contribution in [0.5, 0.6) is 0 Å². The predicted octanol–water partition coefficient (Wildman–Crippen LogP) is 0.935. The largest absolute Gasteiger partial charge is 0.465 e. The van der Waals surface area contributed by atoms with Crippen molar-refractivity contribution in [2.75, 3.05) is 19.7 Å². The molecule has 0 aromatic heterocycles. The van der Waals surface area contributed by atoms with E-state index in [2.05, 4.69) is 0 Å². The van der Waals surface area contributed by atoms with Crippen molar-refractivity contribution in [1.29, 1.82) is 0 Å². The van der Waals surface area contributed by atoms with Gasteiger partial charge in [0.2, 0.25) is 0 Å². The lowest BCUT2D eigenvalue weighted by molar-refractivity contribution is -0.143. The summed E-state index contributed by atoms with van der Waals surface area (Å²) in [5.41, 5.74) is 0. The summed E-state index contributed by atoms with van der Waals surface area (Å²) in [5, 5.41) is 0. The fourth-order valence-electron chi connectivity index (χ4n) is 0.997. The highest BCUT2D eigenvalue weighted by molar-refractivity contribution is 5.71. The molecule has 0 fully saturated rings. The van der Waals surface area contributed by atoms with E-state index in [1.807, 2.05) is 36.3 Å². The molecule has 66 valence electrons. The van der Waals surface area contributed by atoms with Gasteiger partial charge < -0.3 is 9.64 Å². The molecule has 3 nitrogen and oxygen atoms in total. The number of allylic oxidation sites excluding steroid dienone is 2. The first-order valence-corrected chi connectivity index (χ1v) is 4.06. The highest BCUT2D eigenvalue weighted by Gasteiger charge is 2.06. The molecule has 0 amide bonds. The van der Waals surface area contributed by atoms with Crippen LogP contribution in [-0.4, -0.2) is 30.6 Å². The summed E-state index contributed by atoms with van der Waals surface area (Å²) in [6, 6.07) is 0. The third kappa shape index (κ3) is 2.78. The third-order valence-electron chi connectivity index (χ3n) is 1.52. The zero-order valence-electron chi connectivity index (χ0n) is 7.19. The maximum Gasteiger partial charge on any atom is 0.325 e. The number of nitrogens with zero attached hydrogens (tertiary/aromatic N) is 1. The average molecular weight is 167 g/mol. The summed E-state index contributed by atoms with van der Waals surface area (Å²) in [5.74, 6) is -0.169. The summed E-state index contributed by atoms with van der Waals surface area (Å²) in [6.07, 6.45) is 7.75. The Bertz CT molecular complexity index is 209. The summed E-state index contributed by atoms with van der Waals surface area (Å²) in [6.45, 7) is 3.39. The van der Waals surface area contributed by atoms with Gasteiger partial charge in [0.25, 0.3) is 0 Å². The van der Waals surface area contributed by atoms with Crippen LogP contribution in [0, 0.1) is 0 Å². The molecule has 0 spiro atoms. The van der Waals surface area contributed by atoms with Crippen LogP contribution in [0.1, 0.15) is 6.92 Å². The molecule has 0 aliphatic carbocycles. The van der Waals surface area contributed by atoms with Crippen LogP contribution in [-0.2, 0) is 9.53 Å². The zero-order chi connectivity index (χ0) is 8.81. The predicted molar refractivity (Wildman–Crippen MR) is 46.5 cm³/mol. The van der Waals surface area contributed by atoms with Crippen molar-refractivity contribution in [3.05, 3.63) is 24.4 Å². The lowest BCUT2D eigenvalue weighted by Gasteiger charge is -2.18. The third-order valence-corrected chi connectivity index (χ3v) is 1.52. The summed E-state index contributed by atoms with van der Waals surface area (Å²) < 4.78 is 4.81. The van der Waals surface area contributed by atoms with Gasteiger partial charge >= 0.3 is 5.97 Å². The molecule has 1 heterocycles. The van der Waals surface area contributed by atoms with E-state index in [9.17, 15) is 4.79 Å². The standard InChI is InChI=1S/C9H13NO2/c1-2-12-9(11)8-10-6-4-3-5-7-10/h3-6H,2,7-8H2,1H3. The van der Waals surface area contributed by atoms with E-state index in [1.54, 1.807) is 0 Å². The van der Waals surface area contributed by atoms with Gasteiger partial charge in [-0.05, 0) is 19.2 Å². The second-order valence-corrected chi connectivity index (χ2v) is 2.50. The molecule has 0 atom stereocenters. The van der Waals surface area contributed by atoms with Gasteiger partial charge in [0.1, 0.15) is 6.54 Å². The first-order valence-electron chi connectivity index (χ1n) is 4.06. The van der Waals surface area contributed by atoms with Crippen LogP contribution < -0.4 is 0 Å². The Kier molecular flexibility index (Phi) is 3.38. The van der Waals surface area contributed by atoms with Crippen molar-refractivity contribution in [3.63, 3.8) is 0 Å². The van der Waals surface area contributed by atoms with Gasteiger partial charge in [0, 0.05) is 6.54 Å². The van der Waals surface area contributed by atoms with Gasteiger partial charge in [-0.25, -0.2) is 0 Å². The SMILES string of the molecule is CCOC(=O)CN1C=CC=CC1. The molecule has 0 N–H and O–H groups in total.